The second-order valence-electron chi connectivity index (χ2n) is 6.14. The molecule has 1 saturated heterocycles. The summed E-state index contributed by atoms with van der Waals surface area (Å²) in [5.74, 6) is 1.93. The lowest BCUT2D eigenvalue weighted by molar-refractivity contribution is 0.245. The number of fused-ring (bicyclic) bond motifs is 1. The van der Waals surface area contributed by atoms with Crippen molar-refractivity contribution in [3.8, 4) is 0 Å². The highest BCUT2D eigenvalue weighted by Gasteiger charge is 2.42. The number of hydrogen-bond donors (Lipinski definition) is 1. The number of rotatable bonds is 3. The lowest BCUT2D eigenvalue weighted by Crippen LogP contribution is -2.57. The lowest BCUT2D eigenvalue weighted by Gasteiger charge is -2.45. The van der Waals surface area contributed by atoms with Crippen LogP contribution in [-0.2, 0) is 5.41 Å². The van der Waals surface area contributed by atoms with Crippen LogP contribution in [0.2, 0.25) is 0 Å². The number of halogens is 1. The normalized spacial score (nSPS) is 22.6. The van der Waals surface area contributed by atoms with Gasteiger partial charge in [0.15, 0.2) is 0 Å². The van der Waals surface area contributed by atoms with Crippen LogP contribution in [0.4, 0.5) is 0 Å². The molecule has 0 saturated carbocycles. The van der Waals surface area contributed by atoms with Crippen molar-refractivity contribution < 1.29 is 0 Å². The maximum Gasteiger partial charge on any atom is 0.0208 e. The minimum absolute atomic E-state index is 0.323. The molecule has 4 rings (SSSR count). The van der Waals surface area contributed by atoms with E-state index in [1.807, 2.05) is 11.8 Å². The van der Waals surface area contributed by atoms with Gasteiger partial charge in [-0.2, -0.15) is 0 Å². The first-order chi connectivity index (χ1) is 10.3. The predicted octanol–water partition coefficient (Wildman–Crippen LogP) is 4.57. The minimum Gasteiger partial charge on any atom is -0.315 e. The van der Waals surface area contributed by atoms with Gasteiger partial charge in [0.05, 0.1) is 0 Å². The summed E-state index contributed by atoms with van der Waals surface area (Å²) < 4.78 is 1.16. The van der Waals surface area contributed by atoms with Gasteiger partial charge >= 0.3 is 0 Å². The van der Waals surface area contributed by atoms with E-state index in [9.17, 15) is 0 Å². The van der Waals surface area contributed by atoms with Crippen molar-refractivity contribution in [3.05, 3.63) is 64.1 Å². The van der Waals surface area contributed by atoms with Crippen LogP contribution in [0, 0.1) is 0 Å². The van der Waals surface area contributed by atoms with Gasteiger partial charge in [0.2, 0.25) is 0 Å². The lowest BCUT2D eigenvalue weighted by atomic mass is 9.69. The van der Waals surface area contributed by atoms with Gasteiger partial charge in [-0.15, -0.1) is 11.8 Å². The fourth-order valence-electron chi connectivity index (χ4n) is 3.57. The Labute approximate surface area is 138 Å². The summed E-state index contributed by atoms with van der Waals surface area (Å²) in [6, 6.07) is 17.9. The van der Waals surface area contributed by atoms with Gasteiger partial charge in [0.1, 0.15) is 0 Å². The van der Waals surface area contributed by atoms with Gasteiger partial charge < -0.3 is 5.32 Å². The number of hydrogen-bond acceptors (Lipinski definition) is 2. The molecule has 0 radical (unpaired) electrons. The maximum absolute atomic E-state index is 3.54. The molecule has 0 amide bonds. The van der Waals surface area contributed by atoms with Crippen molar-refractivity contribution in [2.75, 3.05) is 18.8 Å². The van der Waals surface area contributed by atoms with E-state index in [1.165, 1.54) is 22.6 Å². The van der Waals surface area contributed by atoms with Gasteiger partial charge in [-0.25, -0.2) is 0 Å². The smallest absolute Gasteiger partial charge is 0.0208 e. The zero-order chi connectivity index (χ0) is 14.3. The van der Waals surface area contributed by atoms with E-state index >= 15 is 0 Å². The van der Waals surface area contributed by atoms with E-state index < -0.39 is 0 Å². The van der Waals surface area contributed by atoms with Crippen LogP contribution in [-0.4, -0.2) is 18.8 Å². The Balaban J connectivity index is 1.62. The van der Waals surface area contributed by atoms with Crippen molar-refractivity contribution in [1.29, 1.82) is 0 Å². The summed E-state index contributed by atoms with van der Waals surface area (Å²) >= 11 is 5.56. The van der Waals surface area contributed by atoms with Crippen LogP contribution in [0.25, 0.3) is 0 Å². The van der Waals surface area contributed by atoms with Crippen LogP contribution >= 0.6 is 27.7 Å². The van der Waals surface area contributed by atoms with E-state index in [2.05, 4.69) is 69.8 Å². The monoisotopic (exact) mass is 359 g/mol. The van der Waals surface area contributed by atoms with Crippen molar-refractivity contribution in [2.45, 2.75) is 22.6 Å². The van der Waals surface area contributed by atoms with E-state index in [0.29, 0.717) is 11.3 Å². The molecule has 0 spiro atoms. The molecule has 2 aromatic carbocycles. The molecule has 1 atom stereocenters. The van der Waals surface area contributed by atoms with Crippen LogP contribution in [0.15, 0.2) is 57.9 Å². The van der Waals surface area contributed by atoms with E-state index in [0.717, 1.165) is 17.6 Å². The molecule has 0 aromatic heterocycles. The molecule has 0 aliphatic carbocycles. The van der Waals surface area contributed by atoms with Crippen LogP contribution < -0.4 is 5.32 Å². The van der Waals surface area contributed by atoms with Gasteiger partial charge in [0, 0.05) is 33.6 Å². The summed E-state index contributed by atoms with van der Waals surface area (Å²) in [5, 5.41) is 3.49. The van der Waals surface area contributed by atoms with E-state index in [-0.39, 0.29) is 0 Å². The molecule has 3 heteroatoms. The highest BCUT2D eigenvalue weighted by molar-refractivity contribution is 9.10. The Morgan fingerprint density at radius 2 is 1.86 bits per heavy atom. The summed E-state index contributed by atoms with van der Waals surface area (Å²) in [6.45, 7) is 2.22. The van der Waals surface area contributed by atoms with Crippen molar-refractivity contribution in [2.24, 2.45) is 0 Å². The van der Waals surface area contributed by atoms with Crippen molar-refractivity contribution in [1.82, 2.24) is 5.32 Å². The van der Waals surface area contributed by atoms with Crippen LogP contribution in [0.5, 0.6) is 0 Å². The Morgan fingerprint density at radius 1 is 1.10 bits per heavy atom. The molecule has 2 heterocycles. The zero-order valence-corrected chi connectivity index (χ0v) is 14.2. The van der Waals surface area contributed by atoms with E-state index in [1.54, 1.807) is 5.56 Å². The van der Waals surface area contributed by atoms with Crippen LogP contribution in [0.1, 0.15) is 23.5 Å². The molecule has 1 fully saturated rings. The van der Waals surface area contributed by atoms with Crippen molar-refractivity contribution >= 4 is 27.7 Å². The SMILES string of the molecule is Brc1ccc(C2(CC3CSc4ccccc43)CNC2)cc1. The highest BCUT2D eigenvalue weighted by Crippen LogP contribution is 2.46. The first-order valence-corrected chi connectivity index (χ1v) is 9.23. The fraction of sp³-hybridized carbons (Fsp3) is 0.333. The molecule has 1 N–H and O–H groups in total. The molecule has 2 aromatic rings. The Bertz CT molecular complexity index is 649. The fourth-order valence-corrected chi connectivity index (χ4v) is 5.09. The molecule has 2 aliphatic heterocycles. The topological polar surface area (TPSA) is 12.0 Å². The van der Waals surface area contributed by atoms with Gasteiger partial charge in [0.25, 0.3) is 0 Å². The molecule has 108 valence electrons. The molecular weight excluding hydrogens is 342 g/mol. The summed E-state index contributed by atoms with van der Waals surface area (Å²) in [5.41, 5.74) is 3.37. The van der Waals surface area contributed by atoms with Crippen LogP contribution in [0.3, 0.4) is 0 Å². The Kier molecular flexibility index (Phi) is 3.60. The molecule has 0 bridgehead atoms. The standard InChI is InChI=1S/C18H18BrNS/c19-15-7-5-14(6-8-15)18(11-20-12-18)9-13-10-21-17-4-2-1-3-16(13)17/h1-8,13,20H,9-12H2. The van der Waals surface area contributed by atoms with E-state index in [4.69, 9.17) is 0 Å². The average Bonchev–Trinajstić information content (AvgIpc) is 2.87. The highest BCUT2D eigenvalue weighted by atomic mass is 79.9. The van der Waals surface area contributed by atoms with Crippen molar-refractivity contribution in [3.63, 3.8) is 0 Å². The summed E-state index contributed by atoms with van der Waals surface area (Å²) in [4.78, 5) is 1.49. The third kappa shape index (κ3) is 2.45. The van der Waals surface area contributed by atoms with Gasteiger partial charge in [-0.3, -0.25) is 0 Å². The summed E-state index contributed by atoms with van der Waals surface area (Å²) in [6.07, 6.45) is 1.26. The second-order valence-corrected chi connectivity index (χ2v) is 8.12. The minimum atomic E-state index is 0.323. The Morgan fingerprint density at radius 3 is 2.57 bits per heavy atom. The second kappa shape index (κ2) is 5.45. The first-order valence-electron chi connectivity index (χ1n) is 7.45. The largest absolute Gasteiger partial charge is 0.315 e. The number of benzene rings is 2. The molecule has 2 aliphatic rings. The quantitative estimate of drug-likeness (QED) is 0.861. The molecule has 1 unspecified atom stereocenters. The molecule has 21 heavy (non-hydrogen) atoms. The van der Waals surface area contributed by atoms with Gasteiger partial charge in [-0.05, 0) is 41.7 Å². The Hall–Kier alpha value is -0.770. The molecule has 1 nitrogen and oxygen atoms in total. The average molecular weight is 360 g/mol. The predicted molar refractivity (Wildman–Crippen MR) is 93.2 cm³/mol. The third-order valence-electron chi connectivity index (χ3n) is 4.82. The molecular formula is C18H18BrNS. The first kappa shape index (κ1) is 13.9. The summed E-state index contributed by atoms with van der Waals surface area (Å²) in [7, 11) is 0. The maximum atomic E-state index is 3.54. The zero-order valence-electron chi connectivity index (χ0n) is 11.8. The third-order valence-corrected chi connectivity index (χ3v) is 6.60. The number of thioether (sulfide) groups is 1. The van der Waals surface area contributed by atoms with Gasteiger partial charge in [-0.1, -0.05) is 46.3 Å². The number of nitrogens with one attached hydrogen (secondary N) is 1.